The first-order valence-corrected chi connectivity index (χ1v) is 9.75. The van der Waals surface area contributed by atoms with E-state index in [1.54, 1.807) is 17.4 Å². The van der Waals surface area contributed by atoms with Crippen LogP contribution in [-0.4, -0.2) is 10.9 Å². The topological polar surface area (TPSA) is 55.1 Å². The lowest BCUT2D eigenvalue weighted by atomic mass is 10.2. The molecule has 0 bridgehead atoms. The number of anilines is 1. The highest BCUT2D eigenvalue weighted by Gasteiger charge is 2.13. The summed E-state index contributed by atoms with van der Waals surface area (Å²) in [6.07, 6.45) is 0. The zero-order valence-electron chi connectivity index (χ0n) is 15.1. The molecule has 5 rings (SSSR count). The Kier molecular flexibility index (Phi) is 3.95. The molecule has 136 valence electrons. The number of benzene rings is 3. The molecule has 0 radical (unpaired) electrons. The van der Waals surface area contributed by atoms with Crippen LogP contribution in [0.4, 0.5) is 5.69 Å². The third-order valence-corrected chi connectivity index (χ3v) is 5.65. The van der Waals surface area contributed by atoms with Crippen LogP contribution < -0.4 is 5.32 Å². The summed E-state index contributed by atoms with van der Waals surface area (Å²) in [5.74, 6) is 0.0335. The second kappa shape index (κ2) is 6.62. The lowest BCUT2D eigenvalue weighted by molar-refractivity contribution is 0.0998. The number of rotatable bonds is 3. The first-order valence-electron chi connectivity index (χ1n) is 8.93. The van der Waals surface area contributed by atoms with Gasteiger partial charge in [0.15, 0.2) is 5.76 Å². The number of thiazole rings is 1. The van der Waals surface area contributed by atoms with Crippen molar-refractivity contribution in [3.05, 3.63) is 84.1 Å². The van der Waals surface area contributed by atoms with Gasteiger partial charge in [-0.1, -0.05) is 24.3 Å². The summed E-state index contributed by atoms with van der Waals surface area (Å²) >= 11 is 1.67. The first-order chi connectivity index (χ1) is 13.7. The van der Waals surface area contributed by atoms with Crippen LogP contribution in [0.1, 0.15) is 16.1 Å². The maximum atomic E-state index is 12.5. The van der Waals surface area contributed by atoms with Gasteiger partial charge in [-0.3, -0.25) is 4.79 Å². The van der Waals surface area contributed by atoms with Crippen molar-refractivity contribution in [2.45, 2.75) is 6.92 Å². The number of furan rings is 1. The predicted molar refractivity (Wildman–Crippen MR) is 114 cm³/mol. The normalized spacial score (nSPS) is 11.2. The molecule has 1 N–H and O–H groups in total. The maximum Gasteiger partial charge on any atom is 0.291 e. The minimum atomic E-state index is -0.264. The van der Waals surface area contributed by atoms with Gasteiger partial charge in [-0.05, 0) is 61.0 Å². The molecule has 0 aliphatic rings. The zero-order chi connectivity index (χ0) is 19.1. The molecule has 2 heterocycles. The number of para-hydroxylation sites is 1. The smallest absolute Gasteiger partial charge is 0.291 e. The monoisotopic (exact) mass is 384 g/mol. The summed E-state index contributed by atoms with van der Waals surface area (Å²) in [6, 6.07) is 23.3. The Hall–Kier alpha value is -3.44. The Morgan fingerprint density at radius 2 is 1.82 bits per heavy atom. The van der Waals surface area contributed by atoms with Gasteiger partial charge in [0, 0.05) is 16.6 Å². The number of hydrogen-bond donors (Lipinski definition) is 1. The number of aromatic nitrogens is 1. The zero-order valence-corrected chi connectivity index (χ0v) is 15.9. The molecule has 3 aromatic carbocycles. The van der Waals surface area contributed by atoms with Gasteiger partial charge >= 0.3 is 0 Å². The molecule has 0 fully saturated rings. The molecule has 5 aromatic rings. The number of fused-ring (bicyclic) bond motifs is 2. The summed E-state index contributed by atoms with van der Waals surface area (Å²) in [5, 5.41) is 4.76. The van der Waals surface area contributed by atoms with Gasteiger partial charge in [-0.15, -0.1) is 11.3 Å². The highest BCUT2D eigenvalue weighted by Crippen LogP contribution is 2.31. The summed E-state index contributed by atoms with van der Waals surface area (Å²) < 4.78 is 6.80. The fourth-order valence-corrected chi connectivity index (χ4v) is 4.21. The van der Waals surface area contributed by atoms with Gasteiger partial charge in [-0.2, -0.15) is 0 Å². The van der Waals surface area contributed by atoms with Gasteiger partial charge in [0.05, 0.1) is 10.2 Å². The Labute approximate surface area is 165 Å². The van der Waals surface area contributed by atoms with Crippen molar-refractivity contribution in [1.82, 2.24) is 4.98 Å². The fourth-order valence-electron chi connectivity index (χ4n) is 3.14. The summed E-state index contributed by atoms with van der Waals surface area (Å²) in [4.78, 5) is 17.2. The molecule has 5 heteroatoms. The second-order valence-electron chi connectivity index (χ2n) is 6.67. The molecule has 0 saturated carbocycles. The Balaban J connectivity index is 1.37. The van der Waals surface area contributed by atoms with E-state index in [9.17, 15) is 4.79 Å². The van der Waals surface area contributed by atoms with Crippen molar-refractivity contribution in [3.8, 4) is 10.6 Å². The number of nitrogens with one attached hydrogen (secondary N) is 1. The summed E-state index contributed by atoms with van der Waals surface area (Å²) in [6.45, 7) is 2.08. The predicted octanol–water partition coefficient (Wildman–Crippen LogP) is 6.27. The number of carbonyl (C=O) groups is 1. The van der Waals surface area contributed by atoms with E-state index >= 15 is 0 Å². The van der Waals surface area contributed by atoms with E-state index in [4.69, 9.17) is 9.40 Å². The molecular formula is C23H16N2O2S. The third-order valence-electron chi connectivity index (χ3n) is 4.58. The largest absolute Gasteiger partial charge is 0.451 e. The molecule has 28 heavy (non-hydrogen) atoms. The average molecular weight is 384 g/mol. The van der Waals surface area contributed by atoms with Crippen molar-refractivity contribution < 1.29 is 9.21 Å². The van der Waals surface area contributed by atoms with Crippen LogP contribution in [0, 0.1) is 6.92 Å². The van der Waals surface area contributed by atoms with Crippen LogP contribution in [0.5, 0.6) is 0 Å². The van der Waals surface area contributed by atoms with Gasteiger partial charge in [-0.25, -0.2) is 4.98 Å². The Bertz CT molecular complexity index is 1280. The van der Waals surface area contributed by atoms with Crippen LogP contribution in [-0.2, 0) is 0 Å². The van der Waals surface area contributed by atoms with Gasteiger partial charge in [0.25, 0.3) is 5.91 Å². The van der Waals surface area contributed by atoms with E-state index in [1.165, 1.54) is 10.3 Å². The molecule has 0 unspecified atom stereocenters. The fraction of sp³-hybridized carbons (Fsp3) is 0.0435. The quantitative estimate of drug-likeness (QED) is 0.399. The second-order valence-corrected chi connectivity index (χ2v) is 7.70. The molecular weight excluding hydrogens is 368 g/mol. The molecule has 1 amide bonds. The van der Waals surface area contributed by atoms with E-state index in [0.29, 0.717) is 17.0 Å². The van der Waals surface area contributed by atoms with E-state index in [-0.39, 0.29) is 5.91 Å². The number of aryl methyl sites for hydroxylation is 1. The van der Waals surface area contributed by atoms with Crippen molar-refractivity contribution in [1.29, 1.82) is 0 Å². The van der Waals surface area contributed by atoms with E-state index in [1.807, 2.05) is 54.6 Å². The standard InChI is InChI=1S/C23H16N2O2S/c1-14-6-11-18-21(12-14)28-23(25-18)15-7-9-17(10-8-15)24-22(26)20-13-16-4-2-3-5-19(16)27-20/h2-13H,1H3,(H,24,26). The summed E-state index contributed by atoms with van der Waals surface area (Å²) in [7, 11) is 0. The van der Waals surface area contributed by atoms with Crippen LogP contribution >= 0.6 is 11.3 Å². The molecule has 0 aliphatic heterocycles. The van der Waals surface area contributed by atoms with Gasteiger partial charge in [0.1, 0.15) is 10.6 Å². The lowest BCUT2D eigenvalue weighted by Gasteiger charge is -2.04. The number of amides is 1. The van der Waals surface area contributed by atoms with Crippen molar-refractivity contribution in [3.63, 3.8) is 0 Å². The van der Waals surface area contributed by atoms with E-state index in [0.717, 1.165) is 21.5 Å². The minimum Gasteiger partial charge on any atom is -0.451 e. The van der Waals surface area contributed by atoms with Crippen LogP contribution in [0.2, 0.25) is 0 Å². The van der Waals surface area contributed by atoms with Gasteiger partial charge in [0.2, 0.25) is 0 Å². The molecule has 2 aromatic heterocycles. The highest BCUT2D eigenvalue weighted by atomic mass is 32.1. The van der Waals surface area contributed by atoms with E-state index < -0.39 is 0 Å². The SMILES string of the molecule is Cc1ccc2nc(-c3ccc(NC(=O)c4cc5ccccc5o4)cc3)sc2c1. The van der Waals surface area contributed by atoms with Crippen LogP contribution in [0.15, 0.2) is 77.2 Å². The van der Waals surface area contributed by atoms with Crippen LogP contribution in [0.3, 0.4) is 0 Å². The number of nitrogens with zero attached hydrogens (tertiary/aromatic N) is 1. The molecule has 0 atom stereocenters. The Morgan fingerprint density at radius 1 is 1.00 bits per heavy atom. The van der Waals surface area contributed by atoms with Gasteiger partial charge < -0.3 is 9.73 Å². The van der Waals surface area contributed by atoms with Crippen LogP contribution in [0.25, 0.3) is 31.8 Å². The lowest BCUT2D eigenvalue weighted by Crippen LogP contribution is -2.10. The van der Waals surface area contributed by atoms with Crippen molar-refractivity contribution in [2.75, 3.05) is 5.32 Å². The Morgan fingerprint density at radius 3 is 2.64 bits per heavy atom. The number of hydrogen-bond acceptors (Lipinski definition) is 4. The highest BCUT2D eigenvalue weighted by molar-refractivity contribution is 7.21. The molecule has 0 spiro atoms. The first kappa shape index (κ1) is 16.7. The maximum absolute atomic E-state index is 12.5. The van der Waals surface area contributed by atoms with Crippen molar-refractivity contribution >= 4 is 44.1 Å². The minimum absolute atomic E-state index is 0.264. The number of carbonyl (C=O) groups excluding carboxylic acids is 1. The average Bonchev–Trinajstić information content (AvgIpc) is 3.32. The van der Waals surface area contributed by atoms with Crippen molar-refractivity contribution in [2.24, 2.45) is 0 Å². The third kappa shape index (κ3) is 3.06. The molecule has 4 nitrogen and oxygen atoms in total. The molecule has 0 aliphatic carbocycles. The van der Waals surface area contributed by atoms with E-state index in [2.05, 4.69) is 24.4 Å². The molecule has 0 saturated heterocycles. The summed E-state index contributed by atoms with van der Waals surface area (Å²) in [5.41, 5.74) is 4.68.